The van der Waals surface area contributed by atoms with Gasteiger partial charge in [0.15, 0.2) is 0 Å². The van der Waals surface area contributed by atoms with E-state index in [1.54, 1.807) is 12.1 Å². The lowest BCUT2D eigenvalue weighted by atomic mass is 10.1. The van der Waals surface area contributed by atoms with E-state index in [0.717, 1.165) is 18.6 Å². The van der Waals surface area contributed by atoms with E-state index in [4.69, 9.17) is 4.74 Å². The number of carbonyl (C=O) groups is 2. The Balaban J connectivity index is 1.72. The van der Waals surface area contributed by atoms with E-state index < -0.39 is 29.3 Å². The smallest absolute Gasteiger partial charge is 0.255 e. The maximum atomic E-state index is 13.6. The van der Waals surface area contributed by atoms with Crippen molar-refractivity contribution < 1.29 is 23.1 Å². The number of carbonyl (C=O) groups excluding carboxylic acids is 2. The molecule has 1 saturated heterocycles. The Morgan fingerprint density at radius 2 is 1.76 bits per heavy atom. The fourth-order valence-electron chi connectivity index (χ4n) is 2.55. The third-order valence-corrected chi connectivity index (χ3v) is 3.82. The molecule has 0 radical (unpaired) electrons. The number of hydrogen-bond acceptors (Lipinski definition) is 3. The monoisotopic (exact) mass is 346 g/mol. The molecule has 0 aromatic heterocycles. The van der Waals surface area contributed by atoms with Crippen LogP contribution in [0, 0.1) is 11.6 Å². The minimum Gasteiger partial charge on any atom is -0.368 e. The van der Waals surface area contributed by atoms with Crippen LogP contribution in [0.3, 0.4) is 0 Å². The Morgan fingerprint density at radius 1 is 1.04 bits per heavy atom. The number of halogens is 2. The number of hydrogen-bond donors (Lipinski definition) is 2. The average Bonchev–Trinajstić information content (AvgIpc) is 3.13. The minimum absolute atomic E-state index is 0.160. The summed E-state index contributed by atoms with van der Waals surface area (Å²) in [5.74, 6) is -2.69. The standard InChI is InChI=1S/C18H16F2N2O3/c19-13-6-2-7-14(20)16(13)22-17(23)11-4-1-5-12(10-11)21-18(24)15-8-3-9-25-15/h1-2,4-7,10,15H,3,8-9H2,(H,21,24)(H,22,23). The molecule has 3 rings (SSSR count). The van der Waals surface area contributed by atoms with Crippen LogP contribution in [-0.2, 0) is 9.53 Å². The van der Waals surface area contributed by atoms with Crippen molar-refractivity contribution in [2.75, 3.05) is 17.2 Å². The van der Waals surface area contributed by atoms with Gasteiger partial charge in [-0.2, -0.15) is 0 Å². The lowest BCUT2D eigenvalue weighted by Crippen LogP contribution is -2.27. The summed E-state index contributed by atoms with van der Waals surface area (Å²) in [6.45, 7) is 0.550. The first kappa shape index (κ1) is 17.0. The molecule has 2 amide bonds. The van der Waals surface area contributed by atoms with Crippen molar-refractivity contribution in [1.29, 1.82) is 0 Å². The van der Waals surface area contributed by atoms with Gasteiger partial charge in [-0.15, -0.1) is 0 Å². The Morgan fingerprint density at radius 3 is 2.44 bits per heavy atom. The molecule has 0 bridgehead atoms. The number of para-hydroxylation sites is 1. The van der Waals surface area contributed by atoms with Gasteiger partial charge in [-0.05, 0) is 43.2 Å². The second kappa shape index (κ2) is 7.40. The zero-order valence-corrected chi connectivity index (χ0v) is 13.2. The molecule has 5 nitrogen and oxygen atoms in total. The third kappa shape index (κ3) is 4.00. The predicted molar refractivity (Wildman–Crippen MR) is 88.4 cm³/mol. The van der Waals surface area contributed by atoms with Crippen molar-refractivity contribution in [2.45, 2.75) is 18.9 Å². The van der Waals surface area contributed by atoms with Gasteiger partial charge in [0.1, 0.15) is 23.4 Å². The van der Waals surface area contributed by atoms with Crippen LogP contribution >= 0.6 is 0 Å². The van der Waals surface area contributed by atoms with Crippen molar-refractivity contribution in [3.05, 3.63) is 59.7 Å². The van der Waals surface area contributed by atoms with E-state index in [9.17, 15) is 18.4 Å². The first-order valence-electron chi connectivity index (χ1n) is 7.82. The van der Waals surface area contributed by atoms with Gasteiger partial charge >= 0.3 is 0 Å². The van der Waals surface area contributed by atoms with Crippen LogP contribution in [0.5, 0.6) is 0 Å². The number of benzene rings is 2. The lowest BCUT2D eigenvalue weighted by molar-refractivity contribution is -0.124. The van der Waals surface area contributed by atoms with Crippen LogP contribution in [0.2, 0.25) is 0 Å². The molecule has 1 fully saturated rings. The molecule has 2 aromatic rings. The second-order valence-electron chi connectivity index (χ2n) is 5.62. The fraction of sp³-hybridized carbons (Fsp3) is 0.222. The highest BCUT2D eigenvalue weighted by molar-refractivity contribution is 6.05. The van der Waals surface area contributed by atoms with Crippen molar-refractivity contribution in [2.24, 2.45) is 0 Å². The molecular weight excluding hydrogens is 330 g/mol. The van der Waals surface area contributed by atoms with Crippen LogP contribution in [0.1, 0.15) is 23.2 Å². The largest absolute Gasteiger partial charge is 0.368 e. The topological polar surface area (TPSA) is 67.4 Å². The first-order chi connectivity index (χ1) is 12.0. The van der Waals surface area contributed by atoms with Crippen LogP contribution < -0.4 is 10.6 Å². The first-order valence-corrected chi connectivity index (χ1v) is 7.82. The molecule has 1 aliphatic rings. The Kier molecular flexibility index (Phi) is 5.04. The molecule has 2 aromatic carbocycles. The van der Waals surface area contributed by atoms with Gasteiger partial charge in [-0.3, -0.25) is 9.59 Å². The molecule has 1 heterocycles. The van der Waals surface area contributed by atoms with Crippen LogP contribution in [0.25, 0.3) is 0 Å². The molecule has 7 heteroatoms. The summed E-state index contributed by atoms with van der Waals surface area (Å²) in [6, 6.07) is 9.41. The van der Waals surface area contributed by atoms with Crippen LogP contribution in [0.4, 0.5) is 20.2 Å². The second-order valence-corrected chi connectivity index (χ2v) is 5.62. The molecule has 0 aliphatic carbocycles. The normalized spacial score (nSPS) is 16.5. The number of ether oxygens (including phenoxy) is 1. The number of anilines is 2. The maximum absolute atomic E-state index is 13.6. The van der Waals surface area contributed by atoms with E-state index in [1.807, 2.05) is 0 Å². The molecule has 25 heavy (non-hydrogen) atoms. The number of amides is 2. The van der Waals surface area contributed by atoms with E-state index in [2.05, 4.69) is 10.6 Å². The average molecular weight is 346 g/mol. The van der Waals surface area contributed by atoms with Gasteiger partial charge in [0.2, 0.25) is 0 Å². The molecule has 130 valence electrons. The summed E-state index contributed by atoms with van der Waals surface area (Å²) in [6.07, 6.45) is 0.984. The molecule has 0 spiro atoms. The predicted octanol–water partition coefficient (Wildman–Crippen LogP) is 3.33. The summed E-state index contributed by atoms with van der Waals surface area (Å²) in [7, 11) is 0. The van der Waals surface area contributed by atoms with Crippen molar-refractivity contribution >= 4 is 23.2 Å². The van der Waals surface area contributed by atoms with Gasteiger partial charge in [-0.1, -0.05) is 12.1 Å². The fourth-order valence-corrected chi connectivity index (χ4v) is 2.55. The summed E-state index contributed by atoms with van der Waals surface area (Å²) in [4.78, 5) is 24.3. The highest BCUT2D eigenvalue weighted by Crippen LogP contribution is 2.20. The zero-order chi connectivity index (χ0) is 17.8. The van der Waals surface area contributed by atoms with Gasteiger partial charge < -0.3 is 15.4 Å². The maximum Gasteiger partial charge on any atom is 0.255 e. The highest BCUT2D eigenvalue weighted by atomic mass is 19.1. The van der Waals surface area contributed by atoms with E-state index in [1.165, 1.54) is 18.2 Å². The molecule has 0 saturated carbocycles. The Hall–Kier alpha value is -2.80. The summed E-state index contributed by atoms with van der Waals surface area (Å²) in [5, 5.41) is 4.88. The van der Waals surface area contributed by atoms with Gasteiger partial charge in [-0.25, -0.2) is 8.78 Å². The molecule has 1 aliphatic heterocycles. The summed E-state index contributed by atoms with van der Waals surface area (Å²) >= 11 is 0. The van der Waals surface area contributed by atoms with E-state index in [-0.39, 0.29) is 11.5 Å². The highest BCUT2D eigenvalue weighted by Gasteiger charge is 2.23. The van der Waals surface area contributed by atoms with Gasteiger partial charge in [0.05, 0.1) is 0 Å². The Labute approximate surface area is 143 Å². The quantitative estimate of drug-likeness (QED) is 0.892. The van der Waals surface area contributed by atoms with Crippen molar-refractivity contribution in [3.63, 3.8) is 0 Å². The van der Waals surface area contributed by atoms with Crippen molar-refractivity contribution in [1.82, 2.24) is 0 Å². The third-order valence-electron chi connectivity index (χ3n) is 3.82. The van der Waals surface area contributed by atoms with Gasteiger partial charge in [0, 0.05) is 17.9 Å². The minimum atomic E-state index is -0.865. The van der Waals surface area contributed by atoms with Crippen LogP contribution in [-0.4, -0.2) is 24.5 Å². The van der Waals surface area contributed by atoms with Crippen molar-refractivity contribution in [3.8, 4) is 0 Å². The van der Waals surface area contributed by atoms with E-state index >= 15 is 0 Å². The molecule has 1 unspecified atom stereocenters. The number of rotatable bonds is 4. The molecule has 1 atom stereocenters. The number of nitrogens with one attached hydrogen (secondary N) is 2. The molecule has 2 N–H and O–H groups in total. The van der Waals surface area contributed by atoms with Crippen LogP contribution in [0.15, 0.2) is 42.5 Å². The lowest BCUT2D eigenvalue weighted by Gasteiger charge is -2.12. The van der Waals surface area contributed by atoms with Gasteiger partial charge in [0.25, 0.3) is 11.8 Å². The Bertz CT molecular complexity index is 784. The van der Waals surface area contributed by atoms with E-state index in [0.29, 0.717) is 18.7 Å². The SMILES string of the molecule is O=C(Nc1c(F)cccc1F)c1cccc(NC(=O)C2CCCO2)c1. The summed E-state index contributed by atoms with van der Waals surface area (Å²) < 4.78 is 32.5. The summed E-state index contributed by atoms with van der Waals surface area (Å²) in [5.41, 5.74) is 0.0521. The zero-order valence-electron chi connectivity index (χ0n) is 13.2. The molecular formula is C18H16F2N2O3.